The van der Waals surface area contributed by atoms with Crippen LogP contribution in [0, 0.1) is 13.8 Å². The first-order chi connectivity index (χ1) is 13.8. The summed E-state index contributed by atoms with van der Waals surface area (Å²) in [6, 6.07) is 17.1. The number of hydrogen-bond acceptors (Lipinski definition) is 3. The minimum absolute atomic E-state index is 0.00000521. The zero-order valence-corrected chi connectivity index (χ0v) is 17.3. The van der Waals surface area contributed by atoms with E-state index in [-0.39, 0.29) is 11.8 Å². The van der Waals surface area contributed by atoms with Crippen molar-refractivity contribution in [3.05, 3.63) is 82.7 Å². The SMILES string of the molecule is CC(=O)N(C)Cc1cccc(NC(=O)c2ccc(Cn3nc(C)cc3C)cc2)c1. The molecular formula is C23H26N4O2. The molecule has 0 aliphatic carbocycles. The monoisotopic (exact) mass is 390 g/mol. The van der Waals surface area contributed by atoms with Crippen molar-refractivity contribution in [2.45, 2.75) is 33.9 Å². The number of anilines is 1. The van der Waals surface area contributed by atoms with Gasteiger partial charge < -0.3 is 10.2 Å². The number of hydrogen-bond donors (Lipinski definition) is 1. The second kappa shape index (κ2) is 8.73. The lowest BCUT2D eigenvalue weighted by molar-refractivity contribution is -0.128. The van der Waals surface area contributed by atoms with Crippen LogP contribution < -0.4 is 5.32 Å². The summed E-state index contributed by atoms with van der Waals surface area (Å²) in [6.07, 6.45) is 0. The molecule has 6 heteroatoms. The number of nitrogens with one attached hydrogen (secondary N) is 1. The van der Waals surface area contributed by atoms with Gasteiger partial charge in [-0.1, -0.05) is 24.3 Å². The Balaban J connectivity index is 1.65. The molecule has 2 amide bonds. The number of aromatic nitrogens is 2. The highest BCUT2D eigenvalue weighted by atomic mass is 16.2. The Morgan fingerprint density at radius 3 is 2.38 bits per heavy atom. The van der Waals surface area contributed by atoms with Gasteiger partial charge in [-0.2, -0.15) is 5.10 Å². The number of nitrogens with zero attached hydrogens (tertiary/aromatic N) is 3. The summed E-state index contributed by atoms with van der Waals surface area (Å²) in [7, 11) is 1.75. The second-order valence-corrected chi connectivity index (χ2v) is 7.31. The van der Waals surface area contributed by atoms with Gasteiger partial charge in [0.1, 0.15) is 0 Å². The highest BCUT2D eigenvalue weighted by molar-refractivity contribution is 6.04. The van der Waals surface area contributed by atoms with Crippen molar-refractivity contribution in [1.82, 2.24) is 14.7 Å². The fourth-order valence-electron chi connectivity index (χ4n) is 3.11. The van der Waals surface area contributed by atoms with Crippen molar-refractivity contribution in [2.75, 3.05) is 12.4 Å². The topological polar surface area (TPSA) is 67.2 Å². The standard InChI is InChI=1S/C23H26N4O2/c1-16-12-17(2)27(25-16)15-19-8-10-21(11-9-19)23(29)24-22-7-5-6-20(13-22)14-26(4)18(3)28/h5-13H,14-15H2,1-4H3,(H,24,29). The Hall–Kier alpha value is -3.41. The Morgan fingerprint density at radius 2 is 1.76 bits per heavy atom. The van der Waals surface area contributed by atoms with E-state index in [1.807, 2.05) is 73.1 Å². The third kappa shape index (κ3) is 5.31. The smallest absolute Gasteiger partial charge is 0.255 e. The lowest BCUT2D eigenvalue weighted by Gasteiger charge is -2.15. The number of aryl methyl sites for hydroxylation is 2. The first-order valence-electron chi connectivity index (χ1n) is 9.54. The van der Waals surface area contributed by atoms with Gasteiger partial charge in [-0.05, 0) is 55.3 Å². The molecule has 3 aromatic rings. The van der Waals surface area contributed by atoms with E-state index in [4.69, 9.17) is 0 Å². The van der Waals surface area contributed by atoms with Gasteiger partial charge in [0.05, 0.1) is 12.2 Å². The third-order valence-electron chi connectivity index (χ3n) is 4.79. The van der Waals surface area contributed by atoms with Gasteiger partial charge in [0, 0.05) is 37.5 Å². The van der Waals surface area contributed by atoms with Gasteiger partial charge in [0.2, 0.25) is 5.91 Å². The molecule has 29 heavy (non-hydrogen) atoms. The second-order valence-electron chi connectivity index (χ2n) is 7.31. The van der Waals surface area contributed by atoms with E-state index in [1.165, 1.54) is 6.92 Å². The molecule has 0 bridgehead atoms. The summed E-state index contributed by atoms with van der Waals surface area (Å²) < 4.78 is 1.95. The van der Waals surface area contributed by atoms with Crippen molar-refractivity contribution in [3.8, 4) is 0 Å². The van der Waals surface area contributed by atoms with E-state index in [0.29, 0.717) is 24.3 Å². The van der Waals surface area contributed by atoms with Crippen LogP contribution in [0.2, 0.25) is 0 Å². The highest BCUT2D eigenvalue weighted by Gasteiger charge is 2.09. The zero-order chi connectivity index (χ0) is 21.0. The third-order valence-corrected chi connectivity index (χ3v) is 4.79. The maximum atomic E-state index is 12.6. The Morgan fingerprint density at radius 1 is 1.03 bits per heavy atom. The van der Waals surface area contributed by atoms with E-state index in [0.717, 1.165) is 22.5 Å². The van der Waals surface area contributed by atoms with Crippen molar-refractivity contribution in [3.63, 3.8) is 0 Å². The molecule has 0 fully saturated rings. The molecule has 1 aromatic heterocycles. The number of carbonyl (C=O) groups is 2. The maximum absolute atomic E-state index is 12.6. The van der Waals surface area contributed by atoms with E-state index < -0.39 is 0 Å². The fourth-order valence-corrected chi connectivity index (χ4v) is 3.11. The summed E-state index contributed by atoms with van der Waals surface area (Å²) >= 11 is 0. The lowest BCUT2D eigenvalue weighted by atomic mass is 10.1. The van der Waals surface area contributed by atoms with Crippen molar-refractivity contribution >= 4 is 17.5 Å². The summed E-state index contributed by atoms with van der Waals surface area (Å²) in [4.78, 5) is 25.6. The molecule has 3 rings (SSSR count). The molecule has 0 aliphatic heterocycles. The van der Waals surface area contributed by atoms with Crippen LogP contribution in [0.15, 0.2) is 54.6 Å². The maximum Gasteiger partial charge on any atom is 0.255 e. The molecule has 0 aliphatic rings. The fraction of sp³-hybridized carbons (Fsp3) is 0.261. The number of rotatable bonds is 6. The molecule has 1 heterocycles. The molecular weight excluding hydrogens is 364 g/mol. The van der Waals surface area contributed by atoms with Crippen LogP contribution in [0.3, 0.4) is 0 Å². The number of amides is 2. The molecule has 0 saturated carbocycles. The molecule has 0 unspecified atom stereocenters. The van der Waals surface area contributed by atoms with Gasteiger partial charge >= 0.3 is 0 Å². The van der Waals surface area contributed by atoms with Gasteiger partial charge in [-0.15, -0.1) is 0 Å². The van der Waals surface area contributed by atoms with Gasteiger partial charge in [-0.25, -0.2) is 0 Å². The van der Waals surface area contributed by atoms with Crippen LogP contribution in [-0.4, -0.2) is 33.5 Å². The van der Waals surface area contributed by atoms with Crippen LogP contribution in [-0.2, 0) is 17.9 Å². The van der Waals surface area contributed by atoms with Gasteiger partial charge in [-0.3, -0.25) is 14.3 Å². The normalized spacial score (nSPS) is 10.6. The van der Waals surface area contributed by atoms with E-state index in [9.17, 15) is 9.59 Å². The van der Waals surface area contributed by atoms with E-state index >= 15 is 0 Å². The minimum atomic E-state index is -0.167. The lowest BCUT2D eigenvalue weighted by Crippen LogP contribution is -2.23. The molecule has 2 aromatic carbocycles. The van der Waals surface area contributed by atoms with Gasteiger partial charge in [0.15, 0.2) is 0 Å². The van der Waals surface area contributed by atoms with E-state index in [1.54, 1.807) is 11.9 Å². The molecule has 0 saturated heterocycles. The summed E-state index contributed by atoms with van der Waals surface area (Å²) in [6.45, 7) is 6.71. The van der Waals surface area contributed by atoms with Crippen LogP contribution in [0.4, 0.5) is 5.69 Å². The molecule has 0 atom stereocenters. The predicted molar refractivity (Wildman–Crippen MR) is 114 cm³/mol. The first-order valence-corrected chi connectivity index (χ1v) is 9.54. The largest absolute Gasteiger partial charge is 0.342 e. The Labute approximate surface area is 171 Å². The van der Waals surface area contributed by atoms with Crippen LogP contribution in [0.5, 0.6) is 0 Å². The zero-order valence-electron chi connectivity index (χ0n) is 17.3. The predicted octanol–water partition coefficient (Wildman–Crippen LogP) is 3.78. The summed E-state index contributed by atoms with van der Waals surface area (Å²) in [5.41, 5.74) is 5.45. The van der Waals surface area contributed by atoms with Crippen molar-refractivity contribution in [1.29, 1.82) is 0 Å². The average molecular weight is 390 g/mol. The Kier molecular flexibility index (Phi) is 6.12. The molecule has 6 nitrogen and oxygen atoms in total. The molecule has 0 spiro atoms. The van der Waals surface area contributed by atoms with E-state index in [2.05, 4.69) is 10.4 Å². The number of benzene rings is 2. The van der Waals surface area contributed by atoms with Crippen molar-refractivity contribution < 1.29 is 9.59 Å². The molecule has 150 valence electrons. The summed E-state index contributed by atoms with van der Waals surface area (Å²) in [5.74, 6) is -0.167. The first kappa shape index (κ1) is 20.3. The van der Waals surface area contributed by atoms with Crippen LogP contribution in [0.1, 0.15) is 39.8 Å². The summed E-state index contributed by atoms with van der Waals surface area (Å²) in [5, 5.41) is 7.39. The minimum Gasteiger partial charge on any atom is -0.342 e. The highest BCUT2D eigenvalue weighted by Crippen LogP contribution is 2.15. The quantitative estimate of drug-likeness (QED) is 0.696. The average Bonchev–Trinajstić information content (AvgIpc) is 2.99. The Bertz CT molecular complexity index is 1020. The molecule has 0 radical (unpaired) electrons. The number of carbonyl (C=O) groups excluding carboxylic acids is 2. The van der Waals surface area contributed by atoms with Crippen LogP contribution >= 0.6 is 0 Å². The molecule has 1 N–H and O–H groups in total. The van der Waals surface area contributed by atoms with Crippen molar-refractivity contribution in [2.24, 2.45) is 0 Å². The van der Waals surface area contributed by atoms with Crippen LogP contribution in [0.25, 0.3) is 0 Å². The van der Waals surface area contributed by atoms with Gasteiger partial charge in [0.25, 0.3) is 5.91 Å².